The topological polar surface area (TPSA) is 53.2 Å². The van der Waals surface area contributed by atoms with Gasteiger partial charge in [-0.15, -0.1) is 0 Å². The first-order valence-corrected chi connectivity index (χ1v) is 6.89. The minimum Gasteiger partial charge on any atom is -0.356 e. The third kappa shape index (κ3) is 3.40. The average molecular weight is 284 g/mol. The first-order chi connectivity index (χ1) is 9.88. The van der Waals surface area contributed by atoms with Crippen molar-refractivity contribution in [3.63, 3.8) is 0 Å². The van der Waals surface area contributed by atoms with Gasteiger partial charge < -0.3 is 9.88 Å². The number of aryl methyl sites for hydroxylation is 2. The first kappa shape index (κ1) is 15.0. The van der Waals surface area contributed by atoms with Gasteiger partial charge >= 0.3 is 0 Å². The second kappa shape index (κ2) is 5.95. The number of benzene rings is 1. The second-order valence-corrected chi connectivity index (χ2v) is 5.45. The molecule has 0 fully saturated rings. The van der Waals surface area contributed by atoms with Gasteiger partial charge in [-0.2, -0.15) is 0 Å². The van der Waals surface area contributed by atoms with Gasteiger partial charge in [0.1, 0.15) is 5.69 Å². The molecule has 0 radical (unpaired) electrons. The fraction of sp³-hybridized carbons (Fsp3) is 0.294. The van der Waals surface area contributed by atoms with Gasteiger partial charge in [0.2, 0.25) is 0 Å². The minimum absolute atomic E-state index is 0.0534. The highest BCUT2D eigenvalue weighted by atomic mass is 16.2. The van der Waals surface area contributed by atoms with E-state index in [1.807, 2.05) is 26.0 Å². The molecular formula is C17H20N2O2. The highest BCUT2D eigenvalue weighted by Gasteiger charge is 2.15. The molecule has 1 aromatic carbocycles. The van der Waals surface area contributed by atoms with Crippen LogP contribution in [0.4, 0.5) is 0 Å². The molecule has 110 valence electrons. The third-order valence-electron chi connectivity index (χ3n) is 3.57. The summed E-state index contributed by atoms with van der Waals surface area (Å²) in [5.74, 6) is -0.176. The Morgan fingerprint density at radius 2 is 1.90 bits per heavy atom. The molecule has 1 heterocycles. The van der Waals surface area contributed by atoms with Crippen molar-refractivity contribution in [2.45, 2.75) is 27.3 Å². The first-order valence-electron chi connectivity index (χ1n) is 6.89. The van der Waals surface area contributed by atoms with Crippen LogP contribution in [0, 0.1) is 13.8 Å². The number of ketones is 1. The molecule has 0 unspecified atom stereocenters. The van der Waals surface area contributed by atoms with E-state index in [2.05, 4.69) is 11.1 Å². The molecule has 21 heavy (non-hydrogen) atoms. The maximum absolute atomic E-state index is 12.3. The minimum atomic E-state index is -0.123. The Morgan fingerprint density at radius 3 is 2.48 bits per heavy atom. The third-order valence-corrected chi connectivity index (χ3v) is 3.57. The van der Waals surface area contributed by atoms with E-state index in [1.54, 1.807) is 24.2 Å². The number of hydrogen-bond donors (Lipinski definition) is 1. The van der Waals surface area contributed by atoms with Gasteiger partial charge in [0.05, 0.1) is 0 Å². The number of nitrogens with zero attached hydrogens (tertiary/aromatic N) is 1. The van der Waals surface area contributed by atoms with Crippen LogP contribution in [0.5, 0.6) is 0 Å². The quantitative estimate of drug-likeness (QED) is 0.877. The van der Waals surface area contributed by atoms with E-state index in [9.17, 15) is 9.59 Å². The zero-order valence-electron chi connectivity index (χ0n) is 12.9. The number of aromatic amines is 1. The van der Waals surface area contributed by atoms with Gasteiger partial charge in [-0.05, 0) is 38.0 Å². The van der Waals surface area contributed by atoms with E-state index >= 15 is 0 Å². The maximum Gasteiger partial charge on any atom is 0.270 e. The number of hydrogen-bond acceptors (Lipinski definition) is 2. The summed E-state index contributed by atoms with van der Waals surface area (Å²) >= 11 is 0. The smallest absolute Gasteiger partial charge is 0.270 e. The second-order valence-electron chi connectivity index (χ2n) is 5.45. The maximum atomic E-state index is 12.3. The van der Waals surface area contributed by atoms with Crippen molar-refractivity contribution in [1.29, 1.82) is 0 Å². The Bertz CT molecular complexity index is 686. The van der Waals surface area contributed by atoms with Crippen molar-refractivity contribution in [1.82, 2.24) is 9.88 Å². The molecule has 1 amide bonds. The van der Waals surface area contributed by atoms with E-state index in [0.29, 0.717) is 17.8 Å². The molecule has 0 saturated carbocycles. The van der Waals surface area contributed by atoms with Gasteiger partial charge in [-0.3, -0.25) is 9.59 Å². The molecule has 0 saturated heterocycles. The molecule has 0 aliphatic carbocycles. The molecule has 4 heteroatoms. The van der Waals surface area contributed by atoms with Crippen LogP contribution in [-0.4, -0.2) is 28.6 Å². The van der Waals surface area contributed by atoms with Crippen molar-refractivity contribution in [3.05, 3.63) is 58.4 Å². The number of rotatable bonds is 4. The highest BCUT2D eigenvalue weighted by Crippen LogP contribution is 2.14. The molecule has 2 rings (SSSR count). The zero-order valence-corrected chi connectivity index (χ0v) is 12.9. The molecule has 0 bridgehead atoms. The van der Waals surface area contributed by atoms with E-state index < -0.39 is 0 Å². The number of nitrogens with one attached hydrogen (secondary N) is 1. The lowest BCUT2D eigenvalue weighted by Gasteiger charge is -2.18. The standard InChI is InChI=1S/C17H20N2O2/c1-11-5-6-14(12(2)7-11)10-19(4)17(21)16-8-15(9-18-16)13(3)20/h5-9,18H,10H2,1-4H3. The fourth-order valence-electron chi connectivity index (χ4n) is 2.28. The Kier molecular flexibility index (Phi) is 4.26. The summed E-state index contributed by atoms with van der Waals surface area (Å²) in [5.41, 5.74) is 4.46. The van der Waals surface area contributed by atoms with E-state index in [0.717, 1.165) is 5.56 Å². The van der Waals surface area contributed by atoms with Crippen LogP contribution < -0.4 is 0 Å². The number of Topliss-reactive ketones (excluding diaryl/α,β-unsaturated/α-hetero) is 1. The van der Waals surface area contributed by atoms with Crippen LogP contribution in [-0.2, 0) is 6.54 Å². The Morgan fingerprint density at radius 1 is 1.19 bits per heavy atom. The normalized spacial score (nSPS) is 10.5. The fourth-order valence-corrected chi connectivity index (χ4v) is 2.28. The van der Waals surface area contributed by atoms with Crippen LogP contribution in [0.25, 0.3) is 0 Å². The van der Waals surface area contributed by atoms with Gasteiger partial charge in [-0.25, -0.2) is 0 Å². The molecule has 4 nitrogen and oxygen atoms in total. The van der Waals surface area contributed by atoms with Crippen LogP contribution in [0.2, 0.25) is 0 Å². The summed E-state index contributed by atoms with van der Waals surface area (Å²) in [7, 11) is 1.76. The molecule has 1 N–H and O–H groups in total. The summed E-state index contributed by atoms with van der Waals surface area (Å²) in [6, 6.07) is 7.80. The molecule has 2 aromatic rings. The Balaban J connectivity index is 2.13. The van der Waals surface area contributed by atoms with Gasteiger partial charge in [0, 0.05) is 25.4 Å². The number of carbonyl (C=O) groups excluding carboxylic acids is 2. The number of carbonyl (C=O) groups is 2. The monoisotopic (exact) mass is 284 g/mol. The number of H-pyrrole nitrogens is 1. The summed E-state index contributed by atoms with van der Waals surface area (Å²) in [6.45, 7) is 6.12. The van der Waals surface area contributed by atoms with Crippen LogP contribution in [0.3, 0.4) is 0 Å². The largest absolute Gasteiger partial charge is 0.356 e. The van der Waals surface area contributed by atoms with Gasteiger partial charge in [0.25, 0.3) is 5.91 Å². The summed E-state index contributed by atoms with van der Waals surface area (Å²) in [5, 5.41) is 0. The summed E-state index contributed by atoms with van der Waals surface area (Å²) in [4.78, 5) is 28.1. The summed E-state index contributed by atoms with van der Waals surface area (Å²) in [6.07, 6.45) is 1.57. The van der Waals surface area contributed by atoms with Crippen LogP contribution in [0.15, 0.2) is 30.5 Å². The van der Waals surface area contributed by atoms with E-state index in [-0.39, 0.29) is 11.7 Å². The van der Waals surface area contributed by atoms with Crippen molar-refractivity contribution < 1.29 is 9.59 Å². The van der Waals surface area contributed by atoms with Crippen molar-refractivity contribution in [2.75, 3.05) is 7.05 Å². The molecule has 0 aliphatic heterocycles. The van der Waals surface area contributed by atoms with Gasteiger partial charge in [0.15, 0.2) is 5.78 Å². The van der Waals surface area contributed by atoms with Crippen LogP contribution in [0.1, 0.15) is 44.5 Å². The van der Waals surface area contributed by atoms with Crippen LogP contribution >= 0.6 is 0 Å². The lowest BCUT2D eigenvalue weighted by molar-refractivity contribution is 0.0780. The lowest BCUT2D eigenvalue weighted by atomic mass is 10.1. The Hall–Kier alpha value is -2.36. The highest BCUT2D eigenvalue weighted by molar-refractivity contribution is 5.98. The Labute approximate surface area is 124 Å². The van der Waals surface area contributed by atoms with E-state index in [1.165, 1.54) is 18.1 Å². The van der Waals surface area contributed by atoms with E-state index in [4.69, 9.17) is 0 Å². The van der Waals surface area contributed by atoms with Crippen molar-refractivity contribution in [3.8, 4) is 0 Å². The molecule has 0 aliphatic rings. The van der Waals surface area contributed by atoms with Crippen molar-refractivity contribution >= 4 is 11.7 Å². The zero-order chi connectivity index (χ0) is 15.6. The predicted octanol–water partition coefficient (Wildman–Crippen LogP) is 3.11. The SMILES string of the molecule is CC(=O)c1c[nH]c(C(=O)N(C)Cc2ccc(C)cc2C)c1. The molecule has 1 aromatic heterocycles. The number of amides is 1. The molecule has 0 atom stereocenters. The number of aromatic nitrogens is 1. The lowest BCUT2D eigenvalue weighted by Crippen LogP contribution is -2.26. The molecular weight excluding hydrogens is 264 g/mol. The predicted molar refractivity (Wildman–Crippen MR) is 82.5 cm³/mol. The summed E-state index contributed by atoms with van der Waals surface area (Å²) < 4.78 is 0. The molecule has 0 spiro atoms. The average Bonchev–Trinajstić information content (AvgIpc) is 2.90. The van der Waals surface area contributed by atoms with Gasteiger partial charge in [-0.1, -0.05) is 23.8 Å². The van der Waals surface area contributed by atoms with Crippen molar-refractivity contribution in [2.24, 2.45) is 0 Å².